The van der Waals surface area contributed by atoms with Crippen molar-refractivity contribution in [3.8, 4) is 23.0 Å². The predicted molar refractivity (Wildman–Crippen MR) is 107 cm³/mol. The second-order valence-electron chi connectivity index (χ2n) is 9.26. The van der Waals surface area contributed by atoms with Crippen LogP contribution < -0.4 is 9.47 Å². The molecule has 2 heterocycles. The molecule has 0 amide bonds. The number of carbonyl (C=O) groups is 1. The van der Waals surface area contributed by atoms with Gasteiger partial charge in [-0.05, 0) is 81.4 Å². The molecule has 152 valence electrons. The highest BCUT2D eigenvalue weighted by atomic mass is 32.2. The summed E-state index contributed by atoms with van der Waals surface area (Å²) >= 11 is 1.40. The van der Waals surface area contributed by atoms with E-state index in [9.17, 15) is 4.79 Å². The summed E-state index contributed by atoms with van der Waals surface area (Å²) in [6.07, 6.45) is 7.31. The first kappa shape index (κ1) is 17.8. The van der Waals surface area contributed by atoms with Crippen molar-refractivity contribution < 1.29 is 18.7 Å². The van der Waals surface area contributed by atoms with Crippen molar-refractivity contribution in [1.29, 1.82) is 0 Å². The average Bonchev–Trinajstić information content (AvgIpc) is 3.35. The molecule has 4 aliphatic carbocycles. The molecule has 1 atom stereocenters. The molecule has 0 unspecified atom stereocenters. The summed E-state index contributed by atoms with van der Waals surface area (Å²) in [6, 6.07) is 5.56. The Morgan fingerprint density at radius 1 is 1.07 bits per heavy atom. The van der Waals surface area contributed by atoms with Gasteiger partial charge in [-0.15, -0.1) is 10.2 Å². The molecule has 4 bridgehead atoms. The molecule has 6 nitrogen and oxygen atoms in total. The summed E-state index contributed by atoms with van der Waals surface area (Å²) < 4.78 is 16.6. The Hall–Kier alpha value is -2.02. The molecule has 1 aromatic carbocycles. The maximum absolute atomic E-state index is 13.5. The molecule has 4 saturated carbocycles. The van der Waals surface area contributed by atoms with Gasteiger partial charge in [0.05, 0.1) is 5.25 Å². The zero-order valence-electron chi connectivity index (χ0n) is 16.4. The number of benzene rings is 1. The van der Waals surface area contributed by atoms with Gasteiger partial charge in [-0.2, -0.15) is 0 Å². The Morgan fingerprint density at radius 2 is 1.76 bits per heavy atom. The van der Waals surface area contributed by atoms with Gasteiger partial charge in [-0.3, -0.25) is 4.79 Å². The van der Waals surface area contributed by atoms with Crippen LogP contribution in [0.5, 0.6) is 11.5 Å². The van der Waals surface area contributed by atoms with E-state index in [-0.39, 0.29) is 17.5 Å². The lowest BCUT2D eigenvalue weighted by Gasteiger charge is -2.56. The second kappa shape index (κ2) is 6.49. The lowest BCUT2D eigenvalue weighted by molar-refractivity contribution is -0.143. The van der Waals surface area contributed by atoms with Gasteiger partial charge in [0.1, 0.15) is 0 Å². The van der Waals surface area contributed by atoms with Crippen LogP contribution in [-0.4, -0.2) is 28.0 Å². The van der Waals surface area contributed by atoms with Crippen LogP contribution in [0.1, 0.15) is 45.4 Å². The van der Waals surface area contributed by atoms with Crippen molar-refractivity contribution in [3.05, 3.63) is 18.2 Å². The number of Topliss-reactive ketones (excluding diaryl/α,β-unsaturated/α-hetero) is 1. The molecule has 1 aliphatic heterocycles. The van der Waals surface area contributed by atoms with Crippen LogP contribution in [0.4, 0.5) is 0 Å². The Balaban J connectivity index is 1.18. The van der Waals surface area contributed by atoms with E-state index in [4.69, 9.17) is 13.9 Å². The molecule has 0 saturated heterocycles. The molecule has 7 heteroatoms. The number of thioether (sulfide) groups is 1. The zero-order valence-corrected chi connectivity index (χ0v) is 17.2. The third-order valence-corrected chi connectivity index (χ3v) is 8.17. The van der Waals surface area contributed by atoms with E-state index in [1.165, 1.54) is 31.0 Å². The number of hydrogen-bond donors (Lipinski definition) is 0. The maximum atomic E-state index is 13.5. The summed E-state index contributed by atoms with van der Waals surface area (Å²) in [4.78, 5) is 13.5. The van der Waals surface area contributed by atoms with E-state index in [0.29, 0.717) is 22.6 Å². The summed E-state index contributed by atoms with van der Waals surface area (Å²) in [7, 11) is 0. The van der Waals surface area contributed by atoms with Gasteiger partial charge in [-0.1, -0.05) is 11.8 Å². The lowest BCUT2D eigenvalue weighted by Crippen LogP contribution is -2.51. The number of nitrogens with zero attached hydrogens (tertiary/aromatic N) is 2. The summed E-state index contributed by atoms with van der Waals surface area (Å²) in [6.45, 7) is 2.23. The molecule has 0 spiro atoms. The molecule has 29 heavy (non-hydrogen) atoms. The van der Waals surface area contributed by atoms with Crippen molar-refractivity contribution in [2.75, 3.05) is 6.79 Å². The smallest absolute Gasteiger partial charge is 0.277 e. The second-order valence-corrected chi connectivity index (χ2v) is 10.6. The Labute approximate surface area is 173 Å². The van der Waals surface area contributed by atoms with E-state index in [1.807, 2.05) is 25.1 Å². The van der Waals surface area contributed by atoms with Crippen LogP contribution in [0.25, 0.3) is 11.5 Å². The molecule has 4 fully saturated rings. The normalized spacial score (nSPS) is 32.5. The van der Waals surface area contributed by atoms with Crippen molar-refractivity contribution in [1.82, 2.24) is 10.2 Å². The number of ketones is 1. The fourth-order valence-corrected chi connectivity index (χ4v) is 7.33. The largest absolute Gasteiger partial charge is 0.454 e. The highest BCUT2D eigenvalue weighted by Gasteiger charge is 2.55. The molecule has 5 aliphatic rings. The van der Waals surface area contributed by atoms with Crippen LogP contribution in [0.2, 0.25) is 0 Å². The molecule has 1 aromatic heterocycles. The maximum Gasteiger partial charge on any atom is 0.277 e. The fourth-order valence-electron chi connectivity index (χ4n) is 6.45. The van der Waals surface area contributed by atoms with E-state index >= 15 is 0 Å². The number of aromatic nitrogens is 2. The van der Waals surface area contributed by atoms with Gasteiger partial charge in [0, 0.05) is 11.0 Å². The summed E-state index contributed by atoms with van der Waals surface area (Å²) in [5.74, 6) is 4.53. The number of hydrogen-bond acceptors (Lipinski definition) is 7. The third kappa shape index (κ3) is 2.97. The van der Waals surface area contributed by atoms with Crippen LogP contribution in [0, 0.1) is 23.2 Å². The van der Waals surface area contributed by atoms with Crippen molar-refractivity contribution >= 4 is 17.5 Å². The quantitative estimate of drug-likeness (QED) is 0.657. The minimum absolute atomic E-state index is 0.0959. The van der Waals surface area contributed by atoms with Gasteiger partial charge in [-0.25, -0.2) is 0 Å². The molecule has 0 radical (unpaired) electrons. The number of carbonyl (C=O) groups excluding carboxylic acids is 1. The van der Waals surface area contributed by atoms with E-state index in [1.54, 1.807) is 0 Å². The van der Waals surface area contributed by atoms with E-state index in [0.717, 1.165) is 48.3 Å². The first-order valence-electron chi connectivity index (χ1n) is 10.5. The highest BCUT2D eigenvalue weighted by molar-refractivity contribution is 8.00. The van der Waals surface area contributed by atoms with Crippen molar-refractivity contribution in [2.45, 2.75) is 55.9 Å². The monoisotopic (exact) mass is 412 g/mol. The van der Waals surface area contributed by atoms with Gasteiger partial charge in [0.15, 0.2) is 17.3 Å². The highest BCUT2D eigenvalue weighted by Crippen LogP contribution is 2.61. The minimum Gasteiger partial charge on any atom is -0.454 e. The van der Waals surface area contributed by atoms with Gasteiger partial charge in [0.2, 0.25) is 12.7 Å². The standard InChI is InChI=1S/C22H24N2O4S/c1-12(19(25)22-8-13-4-14(9-22)6-15(5-13)10-22)29-21-24-23-20(28-21)16-2-3-17-18(7-16)27-11-26-17/h2-3,7,12-15H,4-6,8-11H2,1H3/t12-,13?,14?,15?,22?/m0/s1. The van der Waals surface area contributed by atoms with Crippen LogP contribution in [0.3, 0.4) is 0 Å². The third-order valence-electron chi connectivity index (χ3n) is 7.23. The molecular formula is C22H24N2O4S. The Bertz CT molecular complexity index is 936. The molecule has 2 aromatic rings. The van der Waals surface area contributed by atoms with Crippen molar-refractivity contribution in [2.24, 2.45) is 23.2 Å². The minimum atomic E-state index is -0.170. The zero-order chi connectivity index (χ0) is 19.6. The van der Waals surface area contributed by atoms with Gasteiger partial charge < -0.3 is 13.9 Å². The molecule has 7 rings (SSSR count). The number of ether oxygens (including phenoxy) is 2. The average molecular weight is 413 g/mol. The SMILES string of the molecule is C[C@H](Sc1nnc(-c2ccc3c(c2)OCO3)o1)C(=O)C12CC3CC(CC(C3)C1)C2. The van der Waals surface area contributed by atoms with E-state index < -0.39 is 0 Å². The fraction of sp³-hybridized carbons (Fsp3) is 0.591. The van der Waals surface area contributed by atoms with Crippen LogP contribution in [0.15, 0.2) is 27.8 Å². The lowest BCUT2D eigenvalue weighted by atomic mass is 9.48. The van der Waals surface area contributed by atoms with Crippen LogP contribution in [-0.2, 0) is 4.79 Å². The van der Waals surface area contributed by atoms with Crippen molar-refractivity contribution in [3.63, 3.8) is 0 Å². The Morgan fingerprint density at radius 3 is 2.48 bits per heavy atom. The topological polar surface area (TPSA) is 74.5 Å². The summed E-state index contributed by atoms with van der Waals surface area (Å²) in [5.41, 5.74) is 0.690. The molecule has 0 N–H and O–H groups in total. The molecular weight excluding hydrogens is 388 g/mol. The summed E-state index contributed by atoms with van der Waals surface area (Å²) in [5, 5.41) is 8.63. The van der Waals surface area contributed by atoms with E-state index in [2.05, 4.69) is 10.2 Å². The number of rotatable bonds is 5. The van der Waals surface area contributed by atoms with Crippen LogP contribution >= 0.6 is 11.8 Å². The Kier molecular flexibility index (Phi) is 3.98. The number of fused-ring (bicyclic) bond motifs is 1. The first-order chi connectivity index (χ1) is 14.1. The van der Waals surface area contributed by atoms with Gasteiger partial charge >= 0.3 is 0 Å². The first-order valence-corrected chi connectivity index (χ1v) is 11.4. The predicted octanol–water partition coefficient (Wildman–Crippen LogP) is 4.73. The van der Waals surface area contributed by atoms with Gasteiger partial charge in [0.25, 0.3) is 5.22 Å².